The first-order valence-corrected chi connectivity index (χ1v) is 7.25. The van der Waals surface area contributed by atoms with E-state index in [1.165, 1.54) is 11.3 Å². The molecule has 88 valence electrons. The van der Waals surface area contributed by atoms with Crippen LogP contribution < -0.4 is 4.90 Å². The number of amides is 1. The fourth-order valence-corrected chi connectivity index (χ4v) is 3.69. The lowest BCUT2D eigenvalue weighted by Crippen LogP contribution is -2.24. The third-order valence-corrected chi connectivity index (χ3v) is 4.54. The lowest BCUT2D eigenvalue weighted by molar-refractivity contribution is -0.117. The van der Waals surface area contributed by atoms with Gasteiger partial charge in [0.1, 0.15) is 0 Å². The van der Waals surface area contributed by atoms with Gasteiger partial charge in [0.25, 0.3) is 0 Å². The maximum absolute atomic E-state index is 11.8. The molecule has 1 fully saturated rings. The average Bonchev–Trinajstić information content (AvgIpc) is 2.80. The van der Waals surface area contributed by atoms with E-state index in [1.54, 1.807) is 4.90 Å². The number of fused-ring (bicyclic) bond motifs is 1. The van der Waals surface area contributed by atoms with Gasteiger partial charge in [-0.1, -0.05) is 38.9 Å². The number of rotatable bonds is 1. The van der Waals surface area contributed by atoms with Crippen molar-refractivity contribution in [3.05, 3.63) is 23.2 Å². The number of hydrogen-bond donors (Lipinski definition) is 0. The number of anilines is 1. The number of hydrogen-bond acceptors (Lipinski definition) is 3. The summed E-state index contributed by atoms with van der Waals surface area (Å²) in [6, 6.07) is 5.57. The summed E-state index contributed by atoms with van der Waals surface area (Å²) >= 11 is 10.9. The van der Waals surface area contributed by atoms with Gasteiger partial charge < -0.3 is 0 Å². The number of nitrogens with zero attached hydrogens (tertiary/aromatic N) is 2. The molecule has 6 heteroatoms. The van der Waals surface area contributed by atoms with Crippen molar-refractivity contribution in [2.45, 2.75) is 11.2 Å². The molecule has 0 bridgehead atoms. The number of carbonyl (C=O) groups is 1. The standard InChI is InChI=1S/C11H8BrClN2OS/c12-6-3-10(16)15(5-6)11-14-8-2-1-7(13)4-9(8)17-11/h1-2,4,6H,3,5H2. The fraction of sp³-hybridized carbons (Fsp3) is 0.273. The van der Waals surface area contributed by atoms with E-state index in [0.29, 0.717) is 18.0 Å². The summed E-state index contributed by atoms with van der Waals surface area (Å²) in [5.74, 6) is 0.122. The number of carbonyl (C=O) groups excluding carboxylic acids is 1. The van der Waals surface area contributed by atoms with Gasteiger partial charge in [0, 0.05) is 22.8 Å². The van der Waals surface area contributed by atoms with Crippen LogP contribution >= 0.6 is 38.9 Å². The molecular weight excluding hydrogens is 324 g/mol. The lowest BCUT2D eigenvalue weighted by Gasteiger charge is -2.10. The second kappa shape index (κ2) is 4.23. The summed E-state index contributed by atoms with van der Waals surface area (Å²) < 4.78 is 1.01. The second-order valence-corrected chi connectivity index (χ2v) is 6.65. The van der Waals surface area contributed by atoms with Crippen molar-refractivity contribution in [1.29, 1.82) is 0 Å². The quantitative estimate of drug-likeness (QED) is 0.750. The van der Waals surface area contributed by atoms with E-state index >= 15 is 0 Å². The highest BCUT2D eigenvalue weighted by Crippen LogP contribution is 2.33. The van der Waals surface area contributed by atoms with Gasteiger partial charge in [-0.05, 0) is 18.2 Å². The summed E-state index contributed by atoms with van der Waals surface area (Å²) in [6.45, 7) is 0.687. The van der Waals surface area contributed by atoms with E-state index in [-0.39, 0.29) is 10.7 Å². The predicted molar refractivity (Wildman–Crippen MR) is 74.3 cm³/mol. The lowest BCUT2D eigenvalue weighted by atomic mass is 10.3. The van der Waals surface area contributed by atoms with E-state index in [1.807, 2.05) is 18.2 Å². The largest absolute Gasteiger partial charge is 0.287 e. The molecule has 1 amide bonds. The van der Waals surface area contributed by atoms with Crippen molar-refractivity contribution in [3.8, 4) is 0 Å². The number of aromatic nitrogens is 1. The molecule has 1 aliphatic rings. The Hall–Kier alpha value is -0.650. The molecule has 3 rings (SSSR count). The van der Waals surface area contributed by atoms with Crippen LogP contribution in [0.4, 0.5) is 5.13 Å². The second-order valence-electron chi connectivity index (χ2n) is 3.91. The van der Waals surface area contributed by atoms with Crippen LogP contribution in [-0.4, -0.2) is 22.3 Å². The molecule has 2 heterocycles. The van der Waals surface area contributed by atoms with Crippen LogP contribution in [-0.2, 0) is 4.79 Å². The van der Waals surface area contributed by atoms with Crippen LogP contribution in [0.3, 0.4) is 0 Å². The van der Waals surface area contributed by atoms with Gasteiger partial charge in [-0.3, -0.25) is 9.69 Å². The van der Waals surface area contributed by atoms with Crippen molar-refractivity contribution >= 4 is 60.1 Å². The third-order valence-electron chi connectivity index (χ3n) is 2.65. The van der Waals surface area contributed by atoms with Crippen molar-refractivity contribution in [2.24, 2.45) is 0 Å². The highest BCUT2D eigenvalue weighted by molar-refractivity contribution is 9.09. The Balaban J connectivity index is 2.03. The third kappa shape index (κ3) is 2.07. The minimum Gasteiger partial charge on any atom is -0.287 e. The molecule has 0 aliphatic carbocycles. The van der Waals surface area contributed by atoms with Crippen LogP contribution in [0.1, 0.15) is 6.42 Å². The van der Waals surface area contributed by atoms with E-state index in [9.17, 15) is 4.79 Å². The zero-order valence-electron chi connectivity index (χ0n) is 8.69. The number of alkyl halides is 1. The van der Waals surface area contributed by atoms with Crippen molar-refractivity contribution in [2.75, 3.05) is 11.4 Å². The minimum absolute atomic E-state index is 0.122. The zero-order valence-corrected chi connectivity index (χ0v) is 11.8. The van der Waals surface area contributed by atoms with Crippen LogP contribution in [0.25, 0.3) is 10.2 Å². The summed E-state index contributed by atoms with van der Waals surface area (Å²) in [7, 11) is 0. The molecule has 2 aromatic rings. The van der Waals surface area contributed by atoms with E-state index in [2.05, 4.69) is 20.9 Å². The van der Waals surface area contributed by atoms with Gasteiger partial charge in [-0.2, -0.15) is 0 Å². The highest BCUT2D eigenvalue weighted by Gasteiger charge is 2.30. The van der Waals surface area contributed by atoms with Crippen LogP contribution in [0.15, 0.2) is 18.2 Å². The average molecular weight is 332 g/mol. The minimum atomic E-state index is 0.122. The van der Waals surface area contributed by atoms with Gasteiger partial charge in [0.15, 0.2) is 5.13 Å². The van der Waals surface area contributed by atoms with Crippen molar-refractivity contribution in [1.82, 2.24) is 4.98 Å². The monoisotopic (exact) mass is 330 g/mol. The Morgan fingerprint density at radius 3 is 3.06 bits per heavy atom. The van der Waals surface area contributed by atoms with E-state index in [4.69, 9.17) is 11.6 Å². The Bertz CT molecular complexity index is 600. The van der Waals surface area contributed by atoms with Gasteiger partial charge in [-0.15, -0.1) is 0 Å². The number of benzene rings is 1. The summed E-state index contributed by atoms with van der Waals surface area (Å²) in [5.41, 5.74) is 0.889. The molecule has 3 nitrogen and oxygen atoms in total. The first-order chi connectivity index (χ1) is 8.13. The van der Waals surface area contributed by atoms with Crippen LogP contribution in [0.5, 0.6) is 0 Å². The van der Waals surface area contributed by atoms with Crippen molar-refractivity contribution in [3.63, 3.8) is 0 Å². The Morgan fingerprint density at radius 2 is 2.35 bits per heavy atom. The van der Waals surface area contributed by atoms with Crippen LogP contribution in [0.2, 0.25) is 5.02 Å². The smallest absolute Gasteiger partial charge is 0.230 e. The topological polar surface area (TPSA) is 33.2 Å². The molecule has 1 saturated heterocycles. The Labute approximate surface area is 116 Å². The maximum atomic E-state index is 11.8. The molecule has 1 aromatic heterocycles. The fourth-order valence-electron chi connectivity index (χ4n) is 1.85. The molecule has 0 N–H and O–H groups in total. The van der Waals surface area contributed by atoms with Crippen molar-refractivity contribution < 1.29 is 4.79 Å². The SMILES string of the molecule is O=C1CC(Br)CN1c1nc2ccc(Cl)cc2s1. The molecule has 1 aromatic carbocycles. The van der Waals surface area contributed by atoms with Gasteiger partial charge >= 0.3 is 0 Å². The van der Waals surface area contributed by atoms with Crippen LogP contribution in [0, 0.1) is 0 Å². The zero-order chi connectivity index (χ0) is 12.0. The molecule has 17 heavy (non-hydrogen) atoms. The van der Waals surface area contributed by atoms with E-state index < -0.39 is 0 Å². The van der Waals surface area contributed by atoms with Gasteiger partial charge in [0.2, 0.25) is 5.91 Å². The molecule has 0 spiro atoms. The molecule has 0 radical (unpaired) electrons. The summed E-state index contributed by atoms with van der Waals surface area (Å²) in [4.78, 5) is 18.2. The number of thiazole rings is 1. The first kappa shape index (κ1) is 11.4. The summed E-state index contributed by atoms with van der Waals surface area (Å²) in [5, 5.41) is 1.45. The molecule has 1 unspecified atom stereocenters. The van der Waals surface area contributed by atoms with Gasteiger partial charge in [0.05, 0.1) is 10.2 Å². The maximum Gasteiger partial charge on any atom is 0.230 e. The highest BCUT2D eigenvalue weighted by atomic mass is 79.9. The Morgan fingerprint density at radius 1 is 1.53 bits per heavy atom. The normalized spacial score (nSPS) is 20.5. The molecule has 1 atom stereocenters. The summed E-state index contributed by atoms with van der Waals surface area (Å²) in [6.07, 6.45) is 0.538. The molecular formula is C11H8BrClN2OS. The molecule has 0 saturated carbocycles. The van der Waals surface area contributed by atoms with E-state index in [0.717, 1.165) is 15.3 Å². The van der Waals surface area contributed by atoms with Gasteiger partial charge in [-0.25, -0.2) is 4.98 Å². The Kier molecular flexibility index (Phi) is 2.84. The first-order valence-electron chi connectivity index (χ1n) is 5.14. The molecule has 1 aliphatic heterocycles. The predicted octanol–water partition coefficient (Wildman–Crippen LogP) is 3.45. The number of halogens is 2.